The summed E-state index contributed by atoms with van der Waals surface area (Å²) in [5.74, 6) is -1.87. The van der Waals surface area contributed by atoms with Crippen molar-refractivity contribution in [1.82, 2.24) is 4.90 Å². The first-order valence-electron chi connectivity index (χ1n) is 6.52. The lowest BCUT2D eigenvalue weighted by Gasteiger charge is -2.34. The van der Waals surface area contributed by atoms with E-state index in [2.05, 4.69) is 0 Å². The second-order valence-corrected chi connectivity index (χ2v) is 6.26. The number of rotatable bonds is 2. The summed E-state index contributed by atoms with van der Waals surface area (Å²) in [6.45, 7) is 0.0490. The molecular formula is C14H15ClF3NOS. The van der Waals surface area contributed by atoms with Gasteiger partial charge in [0.2, 0.25) is 0 Å². The van der Waals surface area contributed by atoms with Crippen molar-refractivity contribution in [2.45, 2.75) is 23.9 Å². The smallest absolute Gasteiger partial charge is 0.338 e. The lowest BCUT2D eigenvalue weighted by atomic mass is 9.97. The maximum absolute atomic E-state index is 12.8. The highest BCUT2D eigenvalue weighted by Crippen LogP contribution is 2.34. The highest BCUT2D eigenvalue weighted by molar-refractivity contribution is 7.98. The molecule has 1 saturated heterocycles. The van der Waals surface area contributed by atoms with Crippen LogP contribution in [0.1, 0.15) is 23.2 Å². The molecule has 1 aliphatic rings. The number of nitrogens with zero attached hydrogens (tertiary/aromatic N) is 1. The molecule has 1 atom stereocenters. The van der Waals surface area contributed by atoms with Crippen LogP contribution in [-0.2, 0) is 0 Å². The zero-order valence-corrected chi connectivity index (χ0v) is 13.0. The van der Waals surface area contributed by atoms with Crippen molar-refractivity contribution >= 4 is 29.3 Å². The molecule has 0 spiro atoms. The molecule has 0 aliphatic carbocycles. The van der Waals surface area contributed by atoms with E-state index in [1.807, 2.05) is 6.26 Å². The summed E-state index contributed by atoms with van der Waals surface area (Å²) in [5.41, 5.74) is 0.270. The van der Waals surface area contributed by atoms with Gasteiger partial charge in [0, 0.05) is 18.0 Å². The molecule has 1 aromatic rings. The highest BCUT2D eigenvalue weighted by Gasteiger charge is 2.42. The number of amides is 1. The first kappa shape index (κ1) is 16.5. The zero-order chi connectivity index (χ0) is 15.6. The van der Waals surface area contributed by atoms with Gasteiger partial charge < -0.3 is 4.90 Å². The molecule has 0 aromatic heterocycles. The van der Waals surface area contributed by atoms with E-state index in [1.165, 1.54) is 16.7 Å². The first-order valence-corrected chi connectivity index (χ1v) is 8.12. The van der Waals surface area contributed by atoms with Crippen LogP contribution in [0.15, 0.2) is 23.1 Å². The van der Waals surface area contributed by atoms with Gasteiger partial charge in [0.05, 0.1) is 16.5 Å². The Balaban J connectivity index is 2.20. The van der Waals surface area contributed by atoms with Gasteiger partial charge in [0.25, 0.3) is 5.91 Å². The monoisotopic (exact) mass is 337 g/mol. The number of likely N-dealkylation sites (tertiary alicyclic amines) is 1. The number of carbonyl (C=O) groups excluding carboxylic acids is 1. The molecule has 0 saturated carbocycles. The van der Waals surface area contributed by atoms with Crippen molar-refractivity contribution in [2.75, 3.05) is 19.3 Å². The topological polar surface area (TPSA) is 20.3 Å². The fraction of sp³-hybridized carbons (Fsp3) is 0.500. The third-order valence-electron chi connectivity index (χ3n) is 3.58. The van der Waals surface area contributed by atoms with Crippen LogP contribution in [0.5, 0.6) is 0 Å². The number of hydrogen-bond donors (Lipinski definition) is 0. The molecule has 1 aliphatic heterocycles. The standard InChI is InChI=1S/C14H15ClF3NOS/c1-21-10-4-5-12(15)11(7-10)13(20)19-6-2-3-9(8-19)14(16,17)18/h4-5,7,9H,2-3,6,8H2,1H3. The molecule has 1 unspecified atom stereocenters. The van der Waals surface area contributed by atoms with Gasteiger partial charge in [0.1, 0.15) is 0 Å². The van der Waals surface area contributed by atoms with Crippen LogP contribution >= 0.6 is 23.4 Å². The molecular weight excluding hydrogens is 323 g/mol. The predicted octanol–water partition coefficient (Wildman–Crippen LogP) is 4.48. The summed E-state index contributed by atoms with van der Waals surface area (Å²) in [6.07, 6.45) is -1.97. The molecule has 1 fully saturated rings. The lowest BCUT2D eigenvalue weighted by Crippen LogP contribution is -2.44. The van der Waals surface area contributed by atoms with Crippen molar-refractivity contribution < 1.29 is 18.0 Å². The van der Waals surface area contributed by atoms with E-state index >= 15 is 0 Å². The second kappa shape index (κ2) is 6.48. The van der Waals surface area contributed by atoms with Crippen molar-refractivity contribution in [3.05, 3.63) is 28.8 Å². The normalized spacial score (nSPS) is 19.7. The lowest BCUT2D eigenvalue weighted by molar-refractivity contribution is -0.184. The molecule has 116 valence electrons. The SMILES string of the molecule is CSc1ccc(Cl)c(C(=O)N2CCCC(C(F)(F)F)C2)c1. The minimum absolute atomic E-state index is 0.0753. The molecule has 7 heteroatoms. The van der Waals surface area contributed by atoms with Gasteiger partial charge in [0.15, 0.2) is 0 Å². The third-order valence-corrected chi connectivity index (χ3v) is 4.63. The number of halogens is 4. The van der Waals surface area contributed by atoms with Crippen LogP contribution in [0.25, 0.3) is 0 Å². The van der Waals surface area contributed by atoms with Crippen LogP contribution in [0, 0.1) is 5.92 Å². The quantitative estimate of drug-likeness (QED) is 0.742. The van der Waals surface area contributed by atoms with Gasteiger partial charge in [-0.1, -0.05) is 11.6 Å². The van der Waals surface area contributed by atoms with Gasteiger partial charge in [-0.3, -0.25) is 4.79 Å². The van der Waals surface area contributed by atoms with E-state index in [-0.39, 0.29) is 23.6 Å². The van der Waals surface area contributed by atoms with Crippen molar-refractivity contribution in [1.29, 1.82) is 0 Å². The summed E-state index contributed by atoms with van der Waals surface area (Å²) in [4.78, 5) is 14.5. The molecule has 0 bridgehead atoms. The van der Waals surface area contributed by atoms with Crippen molar-refractivity contribution in [3.63, 3.8) is 0 Å². The largest absolute Gasteiger partial charge is 0.393 e. The number of thioether (sulfide) groups is 1. The Morgan fingerprint density at radius 2 is 2.14 bits per heavy atom. The van der Waals surface area contributed by atoms with Gasteiger partial charge >= 0.3 is 6.18 Å². The summed E-state index contributed by atoms with van der Waals surface area (Å²) in [7, 11) is 0. The van der Waals surface area contributed by atoms with Crippen LogP contribution in [-0.4, -0.2) is 36.3 Å². The number of carbonyl (C=O) groups is 1. The Morgan fingerprint density at radius 1 is 1.43 bits per heavy atom. The van der Waals surface area contributed by atoms with E-state index in [1.54, 1.807) is 18.2 Å². The van der Waals surface area contributed by atoms with Crippen molar-refractivity contribution in [2.24, 2.45) is 5.92 Å². The maximum Gasteiger partial charge on any atom is 0.393 e. The average molecular weight is 338 g/mol. The summed E-state index contributed by atoms with van der Waals surface area (Å²) in [6, 6.07) is 5.01. The Bertz CT molecular complexity index is 535. The van der Waals surface area contributed by atoms with Crippen LogP contribution in [0.3, 0.4) is 0 Å². The van der Waals surface area contributed by atoms with Gasteiger partial charge in [-0.25, -0.2) is 0 Å². The fourth-order valence-electron chi connectivity index (χ4n) is 2.39. The molecule has 21 heavy (non-hydrogen) atoms. The van der Waals surface area contributed by atoms with E-state index in [4.69, 9.17) is 11.6 Å². The van der Waals surface area contributed by atoms with Crippen LogP contribution < -0.4 is 0 Å². The fourth-order valence-corrected chi connectivity index (χ4v) is 3.03. The number of alkyl halides is 3. The second-order valence-electron chi connectivity index (χ2n) is 4.98. The van der Waals surface area contributed by atoms with Crippen LogP contribution in [0.4, 0.5) is 13.2 Å². The van der Waals surface area contributed by atoms with E-state index in [9.17, 15) is 18.0 Å². The van der Waals surface area contributed by atoms with Gasteiger partial charge in [-0.2, -0.15) is 13.2 Å². The summed E-state index contributed by atoms with van der Waals surface area (Å²) in [5, 5.41) is 0.270. The third kappa shape index (κ3) is 3.86. The minimum atomic E-state index is -4.26. The van der Waals surface area contributed by atoms with Gasteiger partial charge in [-0.05, 0) is 37.3 Å². The number of benzene rings is 1. The van der Waals surface area contributed by atoms with Crippen molar-refractivity contribution in [3.8, 4) is 0 Å². The number of hydrogen-bond acceptors (Lipinski definition) is 2. The summed E-state index contributed by atoms with van der Waals surface area (Å²) < 4.78 is 38.4. The average Bonchev–Trinajstić information content (AvgIpc) is 2.46. The van der Waals surface area contributed by atoms with Gasteiger partial charge in [-0.15, -0.1) is 11.8 Å². The highest BCUT2D eigenvalue weighted by atomic mass is 35.5. The predicted molar refractivity (Wildman–Crippen MR) is 77.9 cm³/mol. The molecule has 2 rings (SSSR count). The first-order chi connectivity index (χ1) is 9.82. The number of piperidine rings is 1. The molecule has 0 radical (unpaired) electrons. The van der Waals surface area contributed by atoms with Crippen LogP contribution in [0.2, 0.25) is 5.02 Å². The molecule has 2 nitrogen and oxygen atoms in total. The molecule has 1 heterocycles. The molecule has 0 N–H and O–H groups in total. The Kier molecular flexibility index (Phi) is 5.09. The zero-order valence-electron chi connectivity index (χ0n) is 11.4. The minimum Gasteiger partial charge on any atom is -0.338 e. The summed E-state index contributed by atoms with van der Waals surface area (Å²) >= 11 is 7.47. The Morgan fingerprint density at radius 3 is 2.76 bits per heavy atom. The Labute approximate surface area is 130 Å². The van der Waals surface area contributed by atoms with E-state index < -0.39 is 18.0 Å². The maximum atomic E-state index is 12.8. The Hall–Kier alpha value is -0.880. The van der Waals surface area contributed by atoms with E-state index in [0.717, 1.165) is 4.90 Å². The molecule has 1 amide bonds. The van der Waals surface area contributed by atoms with E-state index in [0.29, 0.717) is 13.0 Å². The molecule has 1 aromatic carbocycles.